The molecule has 2 aromatic rings. The van der Waals surface area contributed by atoms with E-state index in [0.29, 0.717) is 31.2 Å². The van der Waals surface area contributed by atoms with Gasteiger partial charge in [-0.3, -0.25) is 4.79 Å². The molecule has 3 aliphatic rings. The number of benzene rings is 1. The van der Waals surface area contributed by atoms with Gasteiger partial charge in [-0.2, -0.15) is 0 Å². The van der Waals surface area contributed by atoms with Crippen molar-refractivity contribution in [1.29, 1.82) is 0 Å². The number of nitrogens with zero attached hydrogens (tertiary/aromatic N) is 3. The van der Waals surface area contributed by atoms with Gasteiger partial charge in [-0.15, -0.1) is 0 Å². The van der Waals surface area contributed by atoms with E-state index in [4.69, 9.17) is 4.98 Å². The van der Waals surface area contributed by atoms with Crippen LogP contribution in [0.5, 0.6) is 0 Å². The third-order valence-corrected chi connectivity index (χ3v) is 8.50. The Morgan fingerprint density at radius 2 is 1.85 bits per heavy atom. The van der Waals surface area contributed by atoms with Gasteiger partial charge in [-0.1, -0.05) is 51.1 Å². The Hall–Kier alpha value is -2.83. The number of carbonyl (C=O) groups is 2. The Bertz CT molecular complexity index is 1100. The Morgan fingerprint density at radius 3 is 2.50 bits per heavy atom. The maximum Gasteiger partial charge on any atom is 0.318 e. The molecular weight excluding hydrogens is 426 g/mol. The van der Waals surface area contributed by atoms with Crippen LogP contribution in [0.25, 0.3) is 11.4 Å². The number of carbonyl (C=O) groups excluding carboxylic acids is 2. The molecule has 3 atom stereocenters. The lowest BCUT2D eigenvalue weighted by Crippen LogP contribution is -2.52. The van der Waals surface area contributed by atoms with Crippen LogP contribution in [0.15, 0.2) is 30.3 Å². The van der Waals surface area contributed by atoms with E-state index >= 15 is 0 Å². The zero-order chi connectivity index (χ0) is 24.3. The molecule has 7 nitrogen and oxygen atoms in total. The molecule has 1 aromatic carbocycles. The van der Waals surface area contributed by atoms with Gasteiger partial charge in [-0.05, 0) is 49.9 Å². The molecule has 1 aliphatic heterocycles. The number of fused-ring (bicyclic) bond motifs is 3. The molecule has 2 saturated carbocycles. The highest BCUT2D eigenvalue weighted by Crippen LogP contribution is 2.62. The molecule has 2 N–H and O–H groups in total. The average molecular weight is 464 g/mol. The molecular formula is C27H37N5O2. The molecule has 7 heteroatoms. The summed E-state index contributed by atoms with van der Waals surface area (Å²) in [5.41, 5.74) is 2.44. The normalized spacial score (nSPS) is 27.1. The molecule has 34 heavy (non-hydrogen) atoms. The summed E-state index contributed by atoms with van der Waals surface area (Å²) in [7, 11) is 0. The zero-order valence-corrected chi connectivity index (χ0v) is 21.0. The first-order valence-electron chi connectivity index (χ1n) is 12.6. The third kappa shape index (κ3) is 3.69. The molecule has 3 unspecified atom stereocenters. The van der Waals surface area contributed by atoms with Crippen molar-refractivity contribution in [3.05, 3.63) is 41.7 Å². The SMILES string of the molecule is CC(C)NC(=O)N1CCn2c(-c3ccccc3)nc(C(=O)NC3C4(C)CCC(C4)C3(C)C)c2C1. The minimum absolute atomic E-state index is 0.0581. The maximum atomic E-state index is 13.8. The Kier molecular flexibility index (Phi) is 5.49. The fourth-order valence-electron chi connectivity index (χ4n) is 6.73. The van der Waals surface area contributed by atoms with Gasteiger partial charge in [0, 0.05) is 30.7 Å². The lowest BCUT2D eigenvalue weighted by molar-refractivity contribution is 0.0731. The van der Waals surface area contributed by atoms with Gasteiger partial charge >= 0.3 is 6.03 Å². The van der Waals surface area contributed by atoms with Gasteiger partial charge < -0.3 is 20.1 Å². The van der Waals surface area contributed by atoms with E-state index in [-0.39, 0.29) is 34.9 Å². The van der Waals surface area contributed by atoms with Gasteiger partial charge in [0.2, 0.25) is 0 Å². The van der Waals surface area contributed by atoms with E-state index in [1.54, 1.807) is 4.90 Å². The number of aromatic nitrogens is 2. The zero-order valence-electron chi connectivity index (χ0n) is 21.0. The highest BCUT2D eigenvalue weighted by Gasteiger charge is 2.59. The van der Waals surface area contributed by atoms with Gasteiger partial charge in [0.25, 0.3) is 5.91 Å². The molecule has 182 valence electrons. The van der Waals surface area contributed by atoms with E-state index in [9.17, 15) is 9.59 Å². The molecule has 2 heterocycles. The maximum absolute atomic E-state index is 13.8. The standard InChI is InChI=1S/C27H37N5O2/c1-17(2)28-25(34)31-13-14-32-20(16-31)21(29-22(32)18-9-7-6-8-10-18)23(33)30-24-26(3,4)19-11-12-27(24,5)15-19/h6-10,17,19,24H,11-16H2,1-5H3,(H,28,34)(H,30,33). The predicted molar refractivity (Wildman–Crippen MR) is 132 cm³/mol. The van der Waals surface area contributed by atoms with Crippen LogP contribution < -0.4 is 10.6 Å². The van der Waals surface area contributed by atoms with Crippen LogP contribution in [-0.2, 0) is 13.1 Å². The first-order valence-corrected chi connectivity index (χ1v) is 12.6. The van der Waals surface area contributed by atoms with Gasteiger partial charge in [0.15, 0.2) is 5.69 Å². The highest BCUT2D eigenvalue weighted by atomic mass is 16.2. The Labute approximate surface area is 202 Å². The lowest BCUT2D eigenvalue weighted by Gasteiger charge is -2.43. The van der Waals surface area contributed by atoms with Crippen LogP contribution in [-0.4, -0.2) is 45.0 Å². The second kappa shape index (κ2) is 8.14. The first-order chi connectivity index (χ1) is 16.1. The Balaban J connectivity index is 1.49. The summed E-state index contributed by atoms with van der Waals surface area (Å²) in [5, 5.41) is 6.39. The fourth-order valence-corrected chi connectivity index (χ4v) is 6.73. The minimum atomic E-state index is -0.121. The molecule has 1 aromatic heterocycles. The van der Waals surface area contributed by atoms with E-state index in [0.717, 1.165) is 23.5 Å². The van der Waals surface area contributed by atoms with Crippen molar-refractivity contribution in [3.8, 4) is 11.4 Å². The van der Waals surface area contributed by atoms with Crippen LogP contribution in [0.2, 0.25) is 0 Å². The summed E-state index contributed by atoms with van der Waals surface area (Å²) in [6.45, 7) is 12.4. The highest BCUT2D eigenvalue weighted by molar-refractivity contribution is 5.95. The molecule has 5 rings (SSSR count). The van der Waals surface area contributed by atoms with Crippen molar-refractivity contribution in [2.24, 2.45) is 16.7 Å². The van der Waals surface area contributed by atoms with Crippen LogP contribution in [0.1, 0.15) is 70.1 Å². The van der Waals surface area contributed by atoms with E-state index < -0.39 is 0 Å². The van der Waals surface area contributed by atoms with Crippen molar-refractivity contribution >= 4 is 11.9 Å². The van der Waals surface area contributed by atoms with Crippen molar-refractivity contribution in [1.82, 2.24) is 25.1 Å². The Morgan fingerprint density at radius 1 is 1.12 bits per heavy atom. The fraction of sp³-hybridized carbons (Fsp3) is 0.593. The first kappa shape index (κ1) is 22.9. The molecule has 2 fully saturated rings. The molecule has 0 spiro atoms. The van der Waals surface area contributed by atoms with Crippen molar-refractivity contribution in [2.45, 2.75) is 79.1 Å². The van der Waals surface area contributed by atoms with Gasteiger partial charge in [0.1, 0.15) is 5.82 Å². The van der Waals surface area contributed by atoms with Crippen LogP contribution in [0.3, 0.4) is 0 Å². The quantitative estimate of drug-likeness (QED) is 0.704. The monoisotopic (exact) mass is 463 g/mol. The summed E-state index contributed by atoms with van der Waals surface area (Å²) in [6, 6.07) is 10.1. The van der Waals surface area contributed by atoms with E-state index in [2.05, 4.69) is 36.0 Å². The summed E-state index contributed by atoms with van der Waals surface area (Å²) < 4.78 is 2.12. The minimum Gasteiger partial charge on any atom is -0.347 e. The average Bonchev–Trinajstić information content (AvgIpc) is 3.43. The van der Waals surface area contributed by atoms with Crippen LogP contribution in [0.4, 0.5) is 4.79 Å². The summed E-state index contributed by atoms with van der Waals surface area (Å²) in [5.74, 6) is 1.32. The van der Waals surface area contributed by atoms with Crippen LogP contribution >= 0.6 is 0 Å². The summed E-state index contributed by atoms with van der Waals surface area (Å²) in [4.78, 5) is 33.2. The van der Waals surface area contributed by atoms with Gasteiger partial charge in [0.05, 0.1) is 12.2 Å². The number of rotatable bonds is 4. The largest absolute Gasteiger partial charge is 0.347 e. The molecule has 3 amide bonds. The van der Waals surface area contributed by atoms with Gasteiger partial charge in [-0.25, -0.2) is 9.78 Å². The number of imidazole rings is 1. The molecule has 0 saturated heterocycles. The summed E-state index contributed by atoms with van der Waals surface area (Å²) >= 11 is 0. The van der Waals surface area contributed by atoms with E-state index in [1.165, 1.54) is 12.8 Å². The number of amides is 3. The third-order valence-electron chi connectivity index (χ3n) is 8.50. The lowest BCUT2D eigenvalue weighted by atomic mass is 9.68. The topological polar surface area (TPSA) is 79.3 Å². The van der Waals surface area contributed by atoms with Crippen molar-refractivity contribution < 1.29 is 9.59 Å². The number of urea groups is 1. The molecule has 0 radical (unpaired) electrons. The predicted octanol–water partition coefficient (Wildman–Crippen LogP) is 4.43. The number of hydrogen-bond acceptors (Lipinski definition) is 3. The summed E-state index contributed by atoms with van der Waals surface area (Å²) in [6.07, 6.45) is 3.57. The van der Waals surface area contributed by atoms with Crippen molar-refractivity contribution in [2.75, 3.05) is 6.54 Å². The van der Waals surface area contributed by atoms with E-state index in [1.807, 2.05) is 44.2 Å². The van der Waals surface area contributed by atoms with Crippen LogP contribution in [0, 0.1) is 16.7 Å². The van der Waals surface area contributed by atoms with Crippen molar-refractivity contribution in [3.63, 3.8) is 0 Å². The smallest absolute Gasteiger partial charge is 0.318 e. The second-order valence-corrected chi connectivity index (χ2v) is 11.6. The number of hydrogen-bond donors (Lipinski definition) is 2. The molecule has 2 bridgehead atoms. The molecule has 2 aliphatic carbocycles. The second-order valence-electron chi connectivity index (χ2n) is 11.6. The number of nitrogens with one attached hydrogen (secondary N) is 2.